The Morgan fingerprint density at radius 3 is 2.59 bits per heavy atom. The van der Waals surface area contributed by atoms with Crippen LogP contribution in [0.5, 0.6) is 0 Å². The quantitative estimate of drug-likeness (QED) is 0.867. The Kier molecular flexibility index (Phi) is 3.00. The van der Waals surface area contributed by atoms with Crippen molar-refractivity contribution < 1.29 is 9.21 Å². The molecular weight excluding hydrogens is 216 g/mol. The van der Waals surface area contributed by atoms with Crippen LogP contribution in [0.3, 0.4) is 0 Å². The molecule has 4 nitrogen and oxygen atoms in total. The molecule has 0 aliphatic heterocycles. The zero-order chi connectivity index (χ0) is 12.6. The summed E-state index contributed by atoms with van der Waals surface area (Å²) in [4.78, 5) is 14.1. The van der Waals surface area contributed by atoms with Gasteiger partial charge in [0.05, 0.1) is 12.1 Å². The topological polar surface area (TPSA) is 59.5 Å². The van der Waals surface area contributed by atoms with Crippen molar-refractivity contribution >= 4 is 5.91 Å². The second-order valence-corrected chi connectivity index (χ2v) is 5.40. The second-order valence-electron chi connectivity index (χ2n) is 5.40. The molecule has 1 aliphatic carbocycles. The third kappa shape index (κ3) is 2.88. The van der Waals surface area contributed by atoms with Crippen LogP contribution < -0.4 is 5.73 Å². The molecule has 0 atom stereocenters. The van der Waals surface area contributed by atoms with Gasteiger partial charge in [0, 0.05) is 6.04 Å². The van der Waals surface area contributed by atoms with Gasteiger partial charge in [-0.3, -0.25) is 4.79 Å². The number of hydrogen-bond acceptors (Lipinski definition) is 3. The monoisotopic (exact) mass is 236 g/mol. The van der Waals surface area contributed by atoms with Crippen molar-refractivity contribution in [1.29, 1.82) is 0 Å². The highest BCUT2D eigenvalue weighted by molar-refractivity contribution is 5.85. The van der Waals surface area contributed by atoms with Crippen LogP contribution in [-0.2, 0) is 11.3 Å². The van der Waals surface area contributed by atoms with Gasteiger partial charge in [0.1, 0.15) is 11.5 Å². The first-order valence-corrected chi connectivity index (χ1v) is 6.03. The molecular formula is C13H20N2O2. The number of amides is 1. The molecule has 2 N–H and O–H groups in total. The van der Waals surface area contributed by atoms with Crippen LogP contribution in [0, 0.1) is 6.92 Å². The first-order valence-electron chi connectivity index (χ1n) is 6.03. The summed E-state index contributed by atoms with van der Waals surface area (Å²) < 4.78 is 5.52. The summed E-state index contributed by atoms with van der Waals surface area (Å²) in [5.41, 5.74) is 5.07. The Labute approximate surface area is 102 Å². The number of nitrogens with zero attached hydrogens (tertiary/aromatic N) is 1. The van der Waals surface area contributed by atoms with Crippen LogP contribution in [0.25, 0.3) is 0 Å². The van der Waals surface area contributed by atoms with Gasteiger partial charge in [-0.25, -0.2) is 0 Å². The number of furan rings is 1. The van der Waals surface area contributed by atoms with Crippen LogP contribution in [0.15, 0.2) is 16.5 Å². The minimum absolute atomic E-state index is 0.00551. The maximum absolute atomic E-state index is 12.2. The van der Waals surface area contributed by atoms with E-state index >= 15 is 0 Å². The molecule has 0 bridgehead atoms. The van der Waals surface area contributed by atoms with Gasteiger partial charge in [-0.05, 0) is 45.7 Å². The van der Waals surface area contributed by atoms with Crippen molar-refractivity contribution in [3.05, 3.63) is 23.7 Å². The molecule has 1 amide bonds. The first-order chi connectivity index (χ1) is 7.88. The summed E-state index contributed by atoms with van der Waals surface area (Å²) in [6, 6.07) is 4.18. The number of hydrogen-bond donors (Lipinski definition) is 1. The van der Waals surface area contributed by atoms with Gasteiger partial charge >= 0.3 is 0 Å². The number of nitrogens with two attached hydrogens (primary N) is 1. The van der Waals surface area contributed by atoms with E-state index in [0.717, 1.165) is 24.4 Å². The van der Waals surface area contributed by atoms with E-state index in [2.05, 4.69) is 0 Å². The van der Waals surface area contributed by atoms with Gasteiger partial charge in [-0.1, -0.05) is 0 Å². The maximum Gasteiger partial charge on any atom is 0.242 e. The lowest BCUT2D eigenvalue weighted by Gasteiger charge is -2.28. The van der Waals surface area contributed by atoms with E-state index in [-0.39, 0.29) is 5.91 Å². The molecule has 1 fully saturated rings. The third-order valence-electron chi connectivity index (χ3n) is 2.92. The highest BCUT2D eigenvalue weighted by atomic mass is 16.3. The Morgan fingerprint density at radius 2 is 2.18 bits per heavy atom. The summed E-state index contributed by atoms with van der Waals surface area (Å²) >= 11 is 0. The molecule has 17 heavy (non-hydrogen) atoms. The fourth-order valence-corrected chi connectivity index (χ4v) is 1.86. The van der Waals surface area contributed by atoms with E-state index in [0.29, 0.717) is 12.6 Å². The van der Waals surface area contributed by atoms with Gasteiger partial charge in [-0.15, -0.1) is 0 Å². The van der Waals surface area contributed by atoms with Crippen molar-refractivity contribution in [2.45, 2.75) is 51.7 Å². The Hall–Kier alpha value is -1.29. The molecule has 0 saturated heterocycles. The van der Waals surface area contributed by atoms with E-state index in [1.165, 1.54) is 0 Å². The van der Waals surface area contributed by atoms with Crippen LogP contribution in [-0.4, -0.2) is 22.4 Å². The average Bonchev–Trinajstić information content (AvgIpc) is 2.97. The third-order valence-corrected chi connectivity index (χ3v) is 2.92. The van der Waals surface area contributed by atoms with Crippen molar-refractivity contribution in [3.63, 3.8) is 0 Å². The number of aryl methyl sites for hydroxylation is 1. The number of carbonyl (C=O) groups is 1. The standard InChI is InChI=1S/C13H20N2O2/c1-9-4-7-11(17-9)8-15(10-5-6-10)12(16)13(2,3)14/h4,7,10H,5-6,8,14H2,1-3H3. The Morgan fingerprint density at radius 1 is 1.53 bits per heavy atom. The lowest BCUT2D eigenvalue weighted by molar-refractivity contribution is -0.137. The highest BCUT2D eigenvalue weighted by Gasteiger charge is 2.38. The van der Waals surface area contributed by atoms with Crippen LogP contribution in [0.2, 0.25) is 0 Å². The van der Waals surface area contributed by atoms with Crippen molar-refractivity contribution in [1.82, 2.24) is 4.90 Å². The molecule has 1 heterocycles. The van der Waals surface area contributed by atoms with Gasteiger partial charge in [-0.2, -0.15) is 0 Å². The molecule has 0 unspecified atom stereocenters. The zero-order valence-corrected chi connectivity index (χ0v) is 10.7. The van der Waals surface area contributed by atoms with E-state index in [4.69, 9.17) is 10.2 Å². The highest BCUT2D eigenvalue weighted by Crippen LogP contribution is 2.30. The lowest BCUT2D eigenvalue weighted by atomic mass is 10.1. The largest absolute Gasteiger partial charge is 0.464 e. The van der Waals surface area contributed by atoms with Gasteiger partial charge < -0.3 is 15.1 Å². The van der Waals surface area contributed by atoms with E-state index < -0.39 is 5.54 Å². The van der Waals surface area contributed by atoms with Crippen molar-refractivity contribution in [3.8, 4) is 0 Å². The zero-order valence-electron chi connectivity index (χ0n) is 10.7. The Bertz CT molecular complexity index is 413. The van der Waals surface area contributed by atoms with E-state index in [9.17, 15) is 4.79 Å². The molecule has 1 aromatic heterocycles. The normalized spacial score (nSPS) is 16.0. The summed E-state index contributed by atoms with van der Waals surface area (Å²) in [7, 11) is 0. The molecule has 1 saturated carbocycles. The molecule has 1 aliphatic rings. The number of carbonyl (C=O) groups excluding carboxylic acids is 1. The molecule has 0 radical (unpaired) electrons. The van der Waals surface area contributed by atoms with E-state index in [1.54, 1.807) is 13.8 Å². The predicted molar refractivity (Wildman–Crippen MR) is 65.3 cm³/mol. The van der Waals surface area contributed by atoms with Crippen LogP contribution in [0.4, 0.5) is 0 Å². The smallest absolute Gasteiger partial charge is 0.242 e. The van der Waals surface area contributed by atoms with Crippen molar-refractivity contribution in [2.24, 2.45) is 5.73 Å². The minimum Gasteiger partial charge on any atom is -0.464 e. The lowest BCUT2D eigenvalue weighted by Crippen LogP contribution is -2.51. The molecule has 4 heteroatoms. The van der Waals surface area contributed by atoms with Crippen LogP contribution in [0.1, 0.15) is 38.2 Å². The Balaban J connectivity index is 2.10. The number of rotatable bonds is 4. The fourth-order valence-electron chi connectivity index (χ4n) is 1.86. The minimum atomic E-state index is -0.815. The van der Waals surface area contributed by atoms with Crippen molar-refractivity contribution in [2.75, 3.05) is 0 Å². The molecule has 94 valence electrons. The maximum atomic E-state index is 12.2. The molecule has 0 spiro atoms. The van der Waals surface area contributed by atoms with Gasteiger partial charge in [0.15, 0.2) is 0 Å². The summed E-state index contributed by atoms with van der Waals surface area (Å²) in [5.74, 6) is 1.69. The summed E-state index contributed by atoms with van der Waals surface area (Å²) in [5, 5.41) is 0. The SMILES string of the molecule is Cc1ccc(CN(C(=O)C(C)(C)N)C2CC2)o1. The predicted octanol–water partition coefficient (Wildman–Crippen LogP) is 1.82. The first kappa shape index (κ1) is 12.2. The molecule has 0 aromatic carbocycles. The summed E-state index contributed by atoms with van der Waals surface area (Å²) in [6.45, 7) is 5.92. The molecule has 1 aromatic rings. The van der Waals surface area contributed by atoms with Gasteiger partial charge in [0.25, 0.3) is 0 Å². The fraction of sp³-hybridized carbons (Fsp3) is 0.615. The van der Waals surface area contributed by atoms with Crippen LogP contribution >= 0.6 is 0 Å². The summed E-state index contributed by atoms with van der Waals surface area (Å²) in [6.07, 6.45) is 2.14. The molecule has 2 rings (SSSR count). The van der Waals surface area contributed by atoms with Gasteiger partial charge in [0.2, 0.25) is 5.91 Å². The second kappa shape index (κ2) is 4.18. The average molecular weight is 236 g/mol. The van der Waals surface area contributed by atoms with E-state index in [1.807, 2.05) is 24.0 Å².